The van der Waals surface area contributed by atoms with Gasteiger partial charge < -0.3 is 21.3 Å². The number of nitrogens with two attached hydrogens (primary N) is 1. The predicted molar refractivity (Wildman–Crippen MR) is 131 cm³/mol. The Morgan fingerprint density at radius 3 is 2.41 bits per heavy atom. The summed E-state index contributed by atoms with van der Waals surface area (Å²) < 4.78 is 0. The van der Waals surface area contributed by atoms with Crippen molar-refractivity contribution in [3.8, 4) is 0 Å². The molecule has 1 fully saturated rings. The van der Waals surface area contributed by atoms with Crippen LogP contribution >= 0.6 is 24.0 Å². The topological polar surface area (TPSA) is 82.7 Å². The second kappa shape index (κ2) is 11.0. The number of benzene rings is 2. The number of amides is 2. The number of nitrogens with zero attached hydrogens (tertiary/aromatic N) is 2. The van der Waals surface area contributed by atoms with Crippen LogP contribution in [0.4, 0.5) is 16.2 Å². The van der Waals surface area contributed by atoms with E-state index in [1.165, 1.54) is 5.56 Å². The van der Waals surface area contributed by atoms with E-state index in [9.17, 15) is 4.79 Å². The van der Waals surface area contributed by atoms with Crippen molar-refractivity contribution in [1.82, 2.24) is 4.90 Å². The molecule has 0 aromatic heterocycles. The minimum absolute atomic E-state index is 0. The molecule has 2 aromatic rings. The molecule has 2 aromatic carbocycles. The minimum Gasteiger partial charge on any atom is -0.370 e. The summed E-state index contributed by atoms with van der Waals surface area (Å²) in [6.07, 6.45) is 2.16. The molecule has 7 heteroatoms. The van der Waals surface area contributed by atoms with Gasteiger partial charge in [0, 0.05) is 24.5 Å². The molecular formula is C22H30IN5O. The molecular weight excluding hydrogens is 477 g/mol. The van der Waals surface area contributed by atoms with Crippen molar-refractivity contribution in [2.45, 2.75) is 39.2 Å². The average molecular weight is 507 g/mol. The first-order valence-corrected chi connectivity index (χ1v) is 9.83. The van der Waals surface area contributed by atoms with Crippen LogP contribution in [0.1, 0.15) is 43.7 Å². The number of rotatable bonds is 5. The zero-order chi connectivity index (χ0) is 19.9. The number of hydrogen-bond acceptors (Lipinski definition) is 2. The summed E-state index contributed by atoms with van der Waals surface area (Å²) in [5.41, 5.74) is 9.99. The van der Waals surface area contributed by atoms with Gasteiger partial charge in [0.05, 0.1) is 6.54 Å². The van der Waals surface area contributed by atoms with E-state index >= 15 is 0 Å². The quantitative estimate of drug-likeness (QED) is 0.303. The molecule has 156 valence electrons. The molecule has 2 amide bonds. The number of anilines is 2. The Bertz CT molecular complexity index is 847. The maximum Gasteiger partial charge on any atom is 0.321 e. The first-order valence-electron chi connectivity index (χ1n) is 9.83. The number of aliphatic imine (C=N–C) groups is 1. The summed E-state index contributed by atoms with van der Waals surface area (Å²) in [4.78, 5) is 18.5. The van der Waals surface area contributed by atoms with E-state index in [2.05, 4.69) is 41.6 Å². The number of halogens is 1. The summed E-state index contributed by atoms with van der Waals surface area (Å²) in [5.74, 6) is 0.825. The number of likely N-dealkylation sites (tertiary alicyclic amines) is 1. The monoisotopic (exact) mass is 507 g/mol. The average Bonchev–Trinajstić information content (AvgIpc) is 3.22. The van der Waals surface area contributed by atoms with Crippen molar-refractivity contribution in [2.75, 3.05) is 23.7 Å². The van der Waals surface area contributed by atoms with E-state index in [0.717, 1.165) is 42.9 Å². The summed E-state index contributed by atoms with van der Waals surface area (Å²) in [6, 6.07) is 15.9. The normalized spacial score (nSPS) is 13.9. The molecule has 0 aliphatic carbocycles. The Balaban J connectivity index is 0.00000300. The molecule has 1 heterocycles. The van der Waals surface area contributed by atoms with Crippen molar-refractivity contribution in [1.29, 1.82) is 0 Å². The molecule has 1 saturated heterocycles. The number of nitrogens with one attached hydrogen (secondary N) is 2. The van der Waals surface area contributed by atoms with Gasteiger partial charge in [0.15, 0.2) is 5.96 Å². The molecule has 6 nitrogen and oxygen atoms in total. The zero-order valence-electron chi connectivity index (χ0n) is 17.0. The van der Waals surface area contributed by atoms with Crippen molar-refractivity contribution < 1.29 is 4.79 Å². The molecule has 0 unspecified atom stereocenters. The maximum absolute atomic E-state index is 12.2. The molecule has 3 rings (SSSR count). The fourth-order valence-corrected chi connectivity index (χ4v) is 3.21. The smallest absolute Gasteiger partial charge is 0.321 e. The number of carbonyl (C=O) groups excluding carboxylic acids is 1. The summed E-state index contributed by atoms with van der Waals surface area (Å²) in [5, 5.41) is 6.10. The van der Waals surface area contributed by atoms with Crippen LogP contribution in [-0.2, 0) is 6.54 Å². The van der Waals surface area contributed by atoms with Gasteiger partial charge in [-0.05, 0) is 54.2 Å². The second-order valence-corrected chi connectivity index (χ2v) is 7.43. The molecule has 29 heavy (non-hydrogen) atoms. The van der Waals surface area contributed by atoms with E-state index in [0.29, 0.717) is 18.4 Å². The lowest BCUT2D eigenvalue weighted by atomic mass is 10.0. The van der Waals surface area contributed by atoms with Gasteiger partial charge in [0.25, 0.3) is 0 Å². The predicted octanol–water partition coefficient (Wildman–Crippen LogP) is 4.98. The highest BCUT2D eigenvalue weighted by atomic mass is 127. The molecule has 4 N–H and O–H groups in total. The summed E-state index contributed by atoms with van der Waals surface area (Å²) in [7, 11) is 0. The standard InChI is InChI=1S/C22H29N5O.HI/c1-16(2)18-8-6-10-20(14-18)25-21(23)24-15-17-7-5-9-19(13-17)26-22(28)27-11-3-4-12-27;/h5-10,13-14,16H,3-4,11-12,15H2,1-2H3,(H,26,28)(H3,23,24,25);1H. The fourth-order valence-electron chi connectivity index (χ4n) is 3.21. The van der Waals surface area contributed by atoms with Gasteiger partial charge in [0.2, 0.25) is 0 Å². The molecule has 0 saturated carbocycles. The highest BCUT2D eigenvalue weighted by Gasteiger charge is 2.17. The molecule has 0 bridgehead atoms. The third kappa shape index (κ3) is 6.92. The van der Waals surface area contributed by atoms with E-state index < -0.39 is 0 Å². The van der Waals surface area contributed by atoms with Gasteiger partial charge in [-0.15, -0.1) is 24.0 Å². The Morgan fingerprint density at radius 2 is 1.72 bits per heavy atom. The lowest BCUT2D eigenvalue weighted by Crippen LogP contribution is -2.32. The van der Waals surface area contributed by atoms with E-state index in [4.69, 9.17) is 5.73 Å². The van der Waals surface area contributed by atoms with Crippen LogP contribution in [0.25, 0.3) is 0 Å². The van der Waals surface area contributed by atoms with Crippen LogP contribution in [0, 0.1) is 0 Å². The Labute approximate surface area is 190 Å². The molecule has 1 aliphatic heterocycles. The van der Waals surface area contributed by atoms with Crippen LogP contribution < -0.4 is 16.4 Å². The SMILES string of the molecule is CC(C)c1cccc(NC(N)=NCc2cccc(NC(=O)N3CCCC3)c2)c1.I. The van der Waals surface area contributed by atoms with Gasteiger partial charge in [-0.1, -0.05) is 38.1 Å². The highest BCUT2D eigenvalue weighted by molar-refractivity contribution is 14.0. The lowest BCUT2D eigenvalue weighted by Gasteiger charge is -2.16. The molecule has 0 radical (unpaired) electrons. The van der Waals surface area contributed by atoms with Gasteiger partial charge in [0.1, 0.15) is 0 Å². The van der Waals surface area contributed by atoms with Gasteiger partial charge in [-0.25, -0.2) is 9.79 Å². The molecule has 1 aliphatic rings. The highest BCUT2D eigenvalue weighted by Crippen LogP contribution is 2.18. The van der Waals surface area contributed by atoms with Crippen molar-refractivity contribution in [2.24, 2.45) is 10.7 Å². The van der Waals surface area contributed by atoms with E-state index in [1.54, 1.807) is 0 Å². The molecule has 0 atom stereocenters. The Kier molecular flexibility index (Phi) is 8.75. The number of urea groups is 1. The van der Waals surface area contributed by atoms with Crippen molar-refractivity contribution in [3.63, 3.8) is 0 Å². The maximum atomic E-state index is 12.2. The van der Waals surface area contributed by atoms with E-state index in [1.807, 2.05) is 41.3 Å². The van der Waals surface area contributed by atoms with Gasteiger partial charge >= 0.3 is 6.03 Å². The number of guanidine groups is 1. The second-order valence-electron chi connectivity index (χ2n) is 7.43. The third-order valence-electron chi connectivity index (χ3n) is 4.83. The Morgan fingerprint density at radius 1 is 1.07 bits per heavy atom. The van der Waals surface area contributed by atoms with Crippen molar-refractivity contribution in [3.05, 3.63) is 59.7 Å². The molecule has 0 spiro atoms. The van der Waals surface area contributed by atoms with Crippen LogP contribution in [0.5, 0.6) is 0 Å². The van der Waals surface area contributed by atoms with Crippen LogP contribution in [0.2, 0.25) is 0 Å². The van der Waals surface area contributed by atoms with Crippen molar-refractivity contribution >= 4 is 47.3 Å². The first kappa shape index (κ1) is 23.0. The lowest BCUT2D eigenvalue weighted by molar-refractivity contribution is 0.222. The van der Waals surface area contributed by atoms with Crippen LogP contribution in [-0.4, -0.2) is 30.0 Å². The summed E-state index contributed by atoms with van der Waals surface area (Å²) >= 11 is 0. The summed E-state index contributed by atoms with van der Waals surface area (Å²) in [6.45, 7) is 6.42. The largest absolute Gasteiger partial charge is 0.370 e. The fraction of sp³-hybridized carbons (Fsp3) is 0.364. The van der Waals surface area contributed by atoms with Gasteiger partial charge in [-0.2, -0.15) is 0 Å². The van der Waals surface area contributed by atoms with Crippen LogP contribution in [0.15, 0.2) is 53.5 Å². The number of hydrogen-bond donors (Lipinski definition) is 3. The third-order valence-corrected chi connectivity index (χ3v) is 4.83. The Hall–Kier alpha value is -2.29. The van der Waals surface area contributed by atoms with E-state index in [-0.39, 0.29) is 30.0 Å². The van der Waals surface area contributed by atoms with Crippen LogP contribution in [0.3, 0.4) is 0 Å². The first-order chi connectivity index (χ1) is 13.5. The number of carbonyl (C=O) groups is 1. The van der Waals surface area contributed by atoms with Gasteiger partial charge in [-0.3, -0.25) is 0 Å². The zero-order valence-corrected chi connectivity index (χ0v) is 19.4. The minimum atomic E-state index is -0.0376.